The summed E-state index contributed by atoms with van der Waals surface area (Å²) in [6.45, 7) is 1.07. The Morgan fingerprint density at radius 3 is 3.09 bits per heavy atom. The van der Waals surface area contributed by atoms with Crippen molar-refractivity contribution in [3.05, 3.63) is 23.1 Å². The van der Waals surface area contributed by atoms with Crippen LogP contribution in [0.15, 0.2) is 17.8 Å². The zero-order valence-electron chi connectivity index (χ0n) is 11.7. The molecule has 1 amide bonds. The number of hydrogen-bond acceptors (Lipinski definition) is 6. The number of aliphatic hydroxyl groups excluding tert-OH is 1. The highest BCUT2D eigenvalue weighted by Gasteiger charge is 2.32. The molecule has 1 atom stereocenters. The Kier molecular flexibility index (Phi) is 3.86. The van der Waals surface area contributed by atoms with Gasteiger partial charge >= 0.3 is 0 Å². The van der Waals surface area contributed by atoms with Crippen molar-refractivity contribution in [1.82, 2.24) is 19.5 Å². The molecule has 114 valence electrons. The summed E-state index contributed by atoms with van der Waals surface area (Å²) in [5.41, 5.74) is 9.47. The van der Waals surface area contributed by atoms with Crippen LogP contribution in [0.2, 0.25) is 0 Å². The quantitative estimate of drug-likeness (QED) is 0.487. The smallest absolute Gasteiger partial charge is 0.228 e. The average molecular weight is 302 g/mol. The monoisotopic (exact) mass is 302 g/mol. The lowest BCUT2D eigenvalue weighted by Crippen LogP contribution is -2.26. The minimum Gasteiger partial charge on any atom is -0.395 e. The van der Waals surface area contributed by atoms with Crippen LogP contribution in [-0.4, -0.2) is 50.2 Å². The van der Waals surface area contributed by atoms with Crippen LogP contribution in [0, 0.1) is 5.92 Å². The normalized spacial score (nSPS) is 18.0. The van der Waals surface area contributed by atoms with E-state index >= 15 is 0 Å². The molecule has 1 saturated heterocycles. The summed E-state index contributed by atoms with van der Waals surface area (Å²) in [6, 6.07) is 0. The fourth-order valence-corrected chi connectivity index (χ4v) is 2.60. The second-order valence-electron chi connectivity index (χ2n) is 5.02. The van der Waals surface area contributed by atoms with Gasteiger partial charge in [-0.3, -0.25) is 9.69 Å². The van der Waals surface area contributed by atoms with Gasteiger partial charge in [-0.15, -0.1) is 0 Å². The number of hydrogen-bond donors (Lipinski definition) is 1. The highest BCUT2D eigenvalue weighted by Crippen LogP contribution is 2.28. The number of amides is 1. The van der Waals surface area contributed by atoms with Gasteiger partial charge in [0.05, 0.1) is 12.9 Å². The van der Waals surface area contributed by atoms with Crippen molar-refractivity contribution in [3.8, 4) is 0 Å². The molecule has 0 bridgehead atoms. The number of rotatable bonds is 5. The summed E-state index contributed by atoms with van der Waals surface area (Å²) in [7, 11) is 0. The van der Waals surface area contributed by atoms with E-state index in [1.54, 1.807) is 15.8 Å². The van der Waals surface area contributed by atoms with Gasteiger partial charge in [-0.25, -0.2) is 15.0 Å². The highest BCUT2D eigenvalue weighted by atomic mass is 16.3. The number of carbonyl (C=O) groups excluding carboxylic acids is 1. The van der Waals surface area contributed by atoms with E-state index in [4.69, 9.17) is 10.6 Å². The standard InChI is InChI=1S/C12H14N8O2/c13-18-17-4-8-3-9(22)20(5-8)12-10-11(14-6-15-12)19(1-2-21)7-16-10/h6-8,21H,1-5H2. The van der Waals surface area contributed by atoms with E-state index in [9.17, 15) is 4.79 Å². The maximum Gasteiger partial charge on any atom is 0.228 e. The molecule has 0 saturated carbocycles. The van der Waals surface area contributed by atoms with Crippen molar-refractivity contribution >= 4 is 22.9 Å². The first-order valence-electron chi connectivity index (χ1n) is 6.82. The molecule has 10 heteroatoms. The molecule has 3 rings (SSSR count). The summed E-state index contributed by atoms with van der Waals surface area (Å²) in [5, 5.41) is 12.6. The van der Waals surface area contributed by atoms with Crippen molar-refractivity contribution in [1.29, 1.82) is 0 Å². The molecule has 3 heterocycles. The number of nitrogens with zero attached hydrogens (tertiary/aromatic N) is 8. The molecule has 0 aromatic carbocycles. The van der Waals surface area contributed by atoms with Crippen LogP contribution in [0.1, 0.15) is 6.42 Å². The van der Waals surface area contributed by atoms with Crippen molar-refractivity contribution in [3.63, 3.8) is 0 Å². The van der Waals surface area contributed by atoms with E-state index < -0.39 is 0 Å². The van der Waals surface area contributed by atoms with Gasteiger partial charge in [0.1, 0.15) is 6.33 Å². The molecular weight excluding hydrogens is 288 g/mol. The molecule has 2 aromatic heterocycles. The largest absolute Gasteiger partial charge is 0.395 e. The summed E-state index contributed by atoms with van der Waals surface area (Å²) in [6.07, 6.45) is 3.26. The zero-order chi connectivity index (χ0) is 15.5. The molecular formula is C12H14N8O2. The van der Waals surface area contributed by atoms with Gasteiger partial charge in [0.2, 0.25) is 5.91 Å². The highest BCUT2D eigenvalue weighted by molar-refractivity contribution is 6.00. The van der Waals surface area contributed by atoms with E-state index in [1.807, 2.05) is 0 Å². The van der Waals surface area contributed by atoms with Crippen LogP contribution in [0.4, 0.5) is 5.82 Å². The number of fused-ring (bicyclic) bond motifs is 1. The van der Waals surface area contributed by atoms with Crippen molar-refractivity contribution < 1.29 is 9.90 Å². The van der Waals surface area contributed by atoms with Crippen LogP contribution in [-0.2, 0) is 11.3 Å². The summed E-state index contributed by atoms with van der Waals surface area (Å²) < 4.78 is 1.71. The van der Waals surface area contributed by atoms with Crippen molar-refractivity contribution in [2.24, 2.45) is 11.0 Å². The Balaban J connectivity index is 1.93. The topological polar surface area (TPSA) is 133 Å². The lowest BCUT2D eigenvalue weighted by molar-refractivity contribution is -0.117. The summed E-state index contributed by atoms with van der Waals surface area (Å²) >= 11 is 0. The number of aliphatic hydroxyl groups is 1. The minimum atomic E-state index is -0.0742. The van der Waals surface area contributed by atoms with E-state index in [0.29, 0.717) is 36.5 Å². The number of carbonyl (C=O) groups is 1. The van der Waals surface area contributed by atoms with E-state index in [-0.39, 0.29) is 25.0 Å². The van der Waals surface area contributed by atoms with Crippen molar-refractivity contribution in [2.75, 3.05) is 24.6 Å². The van der Waals surface area contributed by atoms with Gasteiger partial charge in [-0.05, 0) is 11.4 Å². The first-order valence-corrected chi connectivity index (χ1v) is 6.82. The second kappa shape index (κ2) is 5.96. The Morgan fingerprint density at radius 1 is 1.45 bits per heavy atom. The fourth-order valence-electron chi connectivity index (χ4n) is 2.60. The SMILES string of the molecule is [N-]=[N+]=NCC1CC(=O)N(c2ncnc3c2ncn3CCO)C1. The summed E-state index contributed by atoms with van der Waals surface area (Å²) in [4.78, 5) is 29.1. The average Bonchev–Trinajstić information content (AvgIpc) is 3.09. The Hall–Kier alpha value is -2.71. The lowest BCUT2D eigenvalue weighted by Gasteiger charge is -2.15. The van der Waals surface area contributed by atoms with E-state index in [0.717, 1.165) is 0 Å². The van der Waals surface area contributed by atoms with Crippen LogP contribution < -0.4 is 4.90 Å². The molecule has 1 fully saturated rings. The Labute approximate surface area is 125 Å². The van der Waals surface area contributed by atoms with Gasteiger partial charge in [-0.1, -0.05) is 5.11 Å². The van der Waals surface area contributed by atoms with Crippen LogP contribution in [0.5, 0.6) is 0 Å². The predicted molar refractivity (Wildman–Crippen MR) is 76.9 cm³/mol. The van der Waals surface area contributed by atoms with E-state index in [2.05, 4.69) is 25.0 Å². The molecule has 1 N–H and O–H groups in total. The number of imidazole rings is 1. The maximum atomic E-state index is 12.2. The molecule has 1 unspecified atom stereocenters. The lowest BCUT2D eigenvalue weighted by atomic mass is 10.1. The molecule has 1 aliphatic rings. The third-order valence-electron chi connectivity index (χ3n) is 3.59. The number of anilines is 1. The fraction of sp³-hybridized carbons (Fsp3) is 0.500. The molecule has 0 radical (unpaired) electrons. The summed E-state index contributed by atoms with van der Waals surface area (Å²) in [5.74, 6) is 0.359. The van der Waals surface area contributed by atoms with E-state index in [1.165, 1.54) is 6.33 Å². The van der Waals surface area contributed by atoms with Gasteiger partial charge in [-0.2, -0.15) is 0 Å². The van der Waals surface area contributed by atoms with Crippen LogP contribution in [0.25, 0.3) is 21.6 Å². The van der Waals surface area contributed by atoms with Gasteiger partial charge in [0, 0.05) is 31.0 Å². The van der Waals surface area contributed by atoms with Crippen LogP contribution in [0.3, 0.4) is 0 Å². The maximum absolute atomic E-state index is 12.2. The predicted octanol–water partition coefficient (Wildman–Crippen LogP) is 0.482. The first-order chi connectivity index (χ1) is 10.7. The zero-order valence-corrected chi connectivity index (χ0v) is 11.7. The molecule has 0 spiro atoms. The molecule has 2 aromatic rings. The molecule has 10 nitrogen and oxygen atoms in total. The Morgan fingerprint density at radius 2 is 2.32 bits per heavy atom. The second-order valence-corrected chi connectivity index (χ2v) is 5.02. The third kappa shape index (κ3) is 2.45. The van der Waals surface area contributed by atoms with Crippen LogP contribution >= 0.6 is 0 Å². The van der Waals surface area contributed by atoms with Gasteiger partial charge in [0.15, 0.2) is 17.0 Å². The van der Waals surface area contributed by atoms with Gasteiger partial charge < -0.3 is 9.67 Å². The molecule has 1 aliphatic heterocycles. The van der Waals surface area contributed by atoms with Crippen molar-refractivity contribution in [2.45, 2.75) is 13.0 Å². The molecule has 22 heavy (non-hydrogen) atoms. The number of azide groups is 1. The molecule has 0 aliphatic carbocycles. The Bertz CT molecular complexity index is 751. The third-order valence-corrected chi connectivity index (χ3v) is 3.59. The first kappa shape index (κ1) is 14.2. The minimum absolute atomic E-state index is 0.0204. The number of aromatic nitrogens is 4. The van der Waals surface area contributed by atoms with Gasteiger partial charge in [0.25, 0.3) is 0 Å².